The Kier molecular flexibility index (Phi) is 4.24. The lowest BCUT2D eigenvalue weighted by Crippen LogP contribution is -2.66. The zero-order valence-electron chi connectivity index (χ0n) is 18.1. The Balaban J connectivity index is 1.69. The van der Waals surface area contributed by atoms with Gasteiger partial charge in [0.1, 0.15) is 6.10 Å². The normalized spacial score (nSPS) is 41.3. The minimum Gasteiger partial charge on any atom is -0.496 e. The molecule has 0 aromatic heterocycles. The predicted molar refractivity (Wildman–Crippen MR) is 106 cm³/mol. The van der Waals surface area contributed by atoms with E-state index < -0.39 is 17.1 Å². The monoisotopic (exact) mass is 415 g/mol. The van der Waals surface area contributed by atoms with E-state index in [-0.39, 0.29) is 29.8 Å². The number of methoxy groups -OCH3 is 1. The summed E-state index contributed by atoms with van der Waals surface area (Å²) in [6.07, 6.45) is 4.69. The van der Waals surface area contributed by atoms with Crippen molar-refractivity contribution in [3.8, 4) is 0 Å². The third-order valence-electron chi connectivity index (χ3n) is 8.06. The van der Waals surface area contributed by atoms with Crippen molar-refractivity contribution in [1.82, 2.24) is 4.90 Å². The summed E-state index contributed by atoms with van der Waals surface area (Å²) in [5.41, 5.74) is -0.0942. The van der Waals surface area contributed by atoms with Gasteiger partial charge in [0.05, 0.1) is 24.1 Å². The summed E-state index contributed by atoms with van der Waals surface area (Å²) in [5.74, 6) is -0.576. The SMILES string of the molecule is COC1=C(C)C(=O)O[C@@]12C(=O)C(C)=C1CCCCN3[C@@H]([C@H]4C[C@@H](C)C(=O)O4)CC[C@]132. The summed E-state index contributed by atoms with van der Waals surface area (Å²) in [6, 6.07) is 0.000268. The molecule has 0 radical (unpaired) electrons. The molecule has 0 aromatic rings. The van der Waals surface area contributed by atoms with Crippen molar-refractivity contribution in [1.29, 1.82) is 0 Å². The topological polar surface area (TPSA) is 82.1 Å². The highest BCUT2D eigenvalue weighted by Gasteiger charge is 2.76. The number of nitrogens with zero attached hydrogens (tertiary/aromatic N) is 1. The molecule has 0 amide bonds. The molecule has 7 nitrogen and oxygen atoms in total. The van der Waals surface area contributed by atoms with Gasteiger partial charge in [-0.1, -0.05) is 6.92 Å². The zero-order valence-corrected chi connectivity index (χ0v) is 18.1. The Hall–Kier alpha value is -2.15. The van der Waals surface area contributed by atoms with Gasteiger partial charge < -0.3 is 14.2 Å². The summed E-state index contributed by atoms with van der Waals surface area (Å²) in [5, 5.41) is 0. The number of cyclic esters (lactones) is 1. The number of ketones is 1. The molecular formula is C23H29NO6. The van der Waals surface area contributed by atoms with Gasteiger partial charge in [-0.2, -0.15) is 0 Å². The first-order valence-electron chi connectivity index (χ1n) is 11.0. The Morgan fingerprint density at radius 1 is 1.13 bits per heavy atom. The molecule has 2 spiro atoms. The lowest BCUT2D eigenvalue weighted by molar-refractivity contribution is -0.168. The summed E-state index contributed by atoms with van der Waals surface area (Å²) in [7, 11) is 1.51. The zero-order chi connectivity index (χ0) is 21.4. The minimum absolute atomic E-state index is 0.000268. The number of carbonyl (C=O) groups excluding carboxylic acids is 3. The molecule has 162 valence electrons. The molecule has 5 aliphatic rings. The summed E-state index contributed by atoms with van der Waals surface area (Å²) in [4.78, 5) is 41.0. The molecule has 30 heavy (non-hydrogen) atoms. The Morgan fingerprint density at radius 2 is 1.90 bits per heavy atom. The Morgan fingerprint density at radius 3 is 2.57 bits per heavy atom. The highest BCUT2D eigenvalue weighted by atomic mass is 16.6. The van der Waals surface area contributed by atoms with Crippen LogP contribution < -0.4 is 0 Å². The summed E-state index contributed by atoms with van der Waals surface area (Å²) in [6.45, 7) is 6.20. The fourth-order valence-electron chi connectivity index (χ4n) is 6.81. The van der Waals surface area contributed by atoms with Crippen molar-refractivity contribution >= 4 is 17.7 Å². The fourth-order valence-corrected chi connectivity index (χ4v) is 6.81. The number of rotatable bonds is 2. The van der Waals surface area contributed by atoms with E-state index in [9.17, 15) is 14.4 Å². The van der Waals surface area contributed by atoms with Crippen LogP contribution in [0.2, 0.25) is 0 Å². The maximum Gasteiger partial charge on any atom is 0.338 e. The van der Waals surface area contributed by atoms with Crippen LogP contribution in [0.15, 0.2) is 22.5 Å². The average molecular weight is 415 g/mol. The summed E-state index contributed by atoms with van der Waals surface area (Å²) < 4.78 is 17.5. The lowest BCUT2D eigenvalue weighted by atomic mass is 9.73. The molecule has 3 saturated heterocycles. The van der Waals surface area contributed by atoms with Crippen LogP contribution in [0.25, 0.3) is 0 Å². The van der Waals surface area contributed by atoms with Crippen LogP contribution in [0.4, 0.5) is 0 Å². The quantitative estimate of drug-likeness (QED) is 0.641. The molecule has 7 heteroatoms. The lowest BCUT2D eigenvalue weighted by Gasteiger charge is -2.48. The molecular weight excluding hydrogens is 386 g/mol. The second-order valence-corrected chi connectivity index (χ2v) is 9.39. The van der Waals surface area contributed by atoms with Crippen LogP contribution >= 0.6 is 0 Å². The second-order valence-electron chi connectivity index (χ2n) is 9.39. The molecule has 1 aliphatic carbocycles. The van der Waals surface area contributed by atoms with E-state index in [1.54, 1.807) is 6.92 Å². The van der Waals surface area contributed by atoms with E-state index in [2.05, 4.69) is 4.90 Å². The number of hydrogen-bond donors (Lipinski definition) is 0. The van der Waals surface area contributed by atoms with Crippen molar-refractivity contribution in [2.45, 2.75) is 82.6 Å². The first-order valence-corrected chi connectivity index (χ1v) is 11.0. The highest BCUT2D eigenvalue weighted by Crippen LogP contribution is 2.62. The van der Waals surface area contributed by atoms with E-state index in [1.165, 1.54) is 7.11 Å². The van der Waals surface area contributed by atoms with E-state index in [0.29, 0.717) is 29.7 Å². The first kappa shape index (κ1) is 19.8. The van der Waals surface area contributed by atoms with E-state index in [4.69, 9.17) is 14.2 Å². The fraction of sp³-hybridized carbons (Fsp3) is 0.696. The number of Topliss-reactive ketones (excluding diaryl/α,β-unsaturated/α-hetero) is 1. The van der Waals surface area contributed by atoms with Crippen molar-refractivity contribution in [2.75, 3.05) is 13.7 Å². The average Bonchev–Trinajstić information content (AvgIpc) is 3.33. The van der Waals surface area contributed by atoms with E-state index >= 15 is 0 Å². The molecule has 4 aliphatic heterocycles. The third-order valence-corrected chi connectivity index (χ3v) is 8.06. The molecule has 0 unspecified atom stereocenters. The van der Waals surface area contributed by atoms with Crippen molar-refractivity contribution in [3.05, 3.63) is 22.5 Å². The molecule has 3 fully saturated rings. The molecule has 0 aromatic carbocycles. The van der Waals surface area contributed by atoms with Crippen molar-refractivity contribution in [3.63, 3.8) is 0 Å². The Labute approximate surface area is 176 Å². The predicted octanol–water partition coefficient (Wildman–Crippen LogP) is 2.44. The highest BCUT2D eigenvalue weighted by molar-refractivity contribution is 6.14. The van der Waals surface area contributed by atoms with Crippen LogP contribution in [0.1, 0.15) is 59.3 Å². The number of carbonyl (C=O) groups is 3. The third kappa shape index (κ3) is 2.12. The van der Waals surface area contributed by atoms with E-state index in [1.807, 2.05) is 13.8 Å². The largest absolute Gasteiger partial charge is 0.496 e. The van der Waals surface area contributed by atoms with Gasteiger partial charge in [0, 0.05) is 6.04 Å². The number of esters is 2. The number of ether oxygens (including phenoxy) is 3. The van der Waals surface area contributed by atoms with Crippen LogP contribution in [0.3, 0.4) is 0 Å². The molecule has 4 heterocycles. The van der Waals surface area contributed by atoms with Crippen LogP contribution in [0, 0.1) is 5.92 Å². The van der Waals surface area contributed by atoms with Crippen molar-refractivity contribution in [2.24, 2.45) is 5.92 Å². The van der Waals surface area contributed by atoms with Crippen LogP contribution in [0.5, 0.6) is 0 Å². The maximum atomic E-state index is 13.8. The molecule has 0 bridgehead atoms. The van der Waals surface area contributed by atoms with Crippen LogP contribution in [-0.2, 0) is 28.6 Å². The van der Waals surface area contributed by atoms with Crippen molar-refractivity contribution < 1.29 is 28.6 Å². The smallest absolute Gasteiger partial charge is 0.338 e. The van der Waals surface area contributed by atoms with Crippen LogP contribution in [-0.4, -0.2) is 59.6 Å². The maximum absolute atomic E-state index is 13.8. The second kappa shape index (κ2) is 6.42. The van der Waals surface area contributed by atoms with Gasteiger partial charge in [-0.05, 0) is 70.1 Å². The van der Waals surface area contributed by atoms with Gasteiger partial charge in [-0.25, -0.2) is 4.79 Å². The number of hydrogen-bond acceptors (Lipinski definition) is 7. The van der Waals surface area contributed by atoms with Gasteiger partial charge in [-0.15, -0.1) is 0 Å². The van der Waals surface area contributed by atoms with Gasteiger partial charge >= 0.3 is 11.9 Å². The van der Waals surface area contributed by atoms with E-state index in [0.717, 1.165) is 37.8 Å². The molecule has 5 atom stereocenters. The molecule has 5 rings (SSSR count). The summed E-state index contributed by atoms with van der Waals surface area (Å²) >= 11 is 0. The van der Waals surface area contributed by atoms with Gasteiger partial charge in [0.25, 0.3) is 5.60 Å². The van der Waals surface area contributed by atoms with Gasteiger partial charge in [-0.3, -0.25) is 14.5 Å². The van der Waals surface area contributed by atoms with Gasteiger partial charge in [0.2, 0.25) is 5.78 Å². The Bertz CT molecular complexity index is 919. The molecule has 0 saturated carbocycles. The molecule has 0 N–H and O–H groups in total. The minimum atomic E-state index is -1.46. The van der Waals surface area contributed by atoms with Gasteiger partial charge in [0.15, 0.2) is 5.76 Å². The standard InChI is InChI=1S/C23H29NO6/c1-12-11-17(29-20(12)26)16-8-9-22-15(7-5-6-10-24(16)22)13(2)18(25)23(22)19(28-4)14(3)21(27)30-23/h12,16-17H,5-11H2,1-4H3/t12-,16-,17-,22-,23+/m1/s1. The first-order chi connectivity index (χ1) is 14.3.